The third-order valence-electron chi connectivity index (χ3n) is 3.94. The van der Waals surface area contributed by atoms with Crippen LogP contribution < -0.4 is 9.47 Å². The molecular weight excluding hydrogens is 360 g/mol. The fraction of sp³-hybridized carbons (Fsp3) is 0.190. The Morgan fingerprint density at radius 2 is 1.78 bits per heavy atom. The molecule has 0 bridgehead atoms. The van der Waals surface area contributed by atoms with Gasteiger partial charge >= 0.3 is 0 Å². The minimum atomic E-state index is -0.0501. The van der Waals surface area contributed by atoms with Crippen molar-refractivity contribution in [2.75, 3.05) is 20.0 Å². The van der Waals surface area contributed by atoms with E-state index in [1.807, 2.05) is 43.3 Å². The zero-order chi connectivity index (χ0) is 19.2. The molecule has 27 heavy (non-hydrogen) atoms. The van der Waals surface area contributed by atoms with Crippen molar-refractivity contribution in [2.45, 2.75) is 12.1 Å². The third kappa shape index (κ3) is 4.65. The molecule has 0 aliphatic rings. The standard InChI is InChI=1S/C21H20N2O3S/c1-14-11-18(15-7-5-4-6-8-15)23-21(22-14)27-13-19(24)17-10-9-16(25-2)12-20(17)26-3/h4-12H,13H2,1-3H3. The molecule has 0 fully saturated rings. The summed E-state index contributed by atoms with van der Waals surface area (Å²) < 4.78 is 10.5. The lowest BCUT2D eigenvalue weighted by molar-refractivity contribution is 0.101. The summed E-state index contributed by atoms with van der Waals surface area (Å²) in [5, 5.41) is 0.578. The van der Waals surface area contributed by atoms with E-state index in [4.69, 9.17) is 9.47 Å². The molecule has 1 aromatic heterocycles. The van der Waals surface area contributed by atoms with E-state index in [1.54, 1.807) is 25.3 Å². The van der Waals surface area contributed by atoms with Crippen LogP contribution in [0.3, 0.4) is 0 Å². The molecule has 2 aromatic carbocycles. The number of carbonyl (C=O) groups excluding carboxylic acids is 1. The first-order chi connectivity index (χ1) is 13.1. The van der Waals surface area contributed by atoms with E-state index < -0.39 is 0 Å². The van der Waals surface area contributed by atoms with Crippen LogP contribution in [-0.2, 0) is 0 Å². The van der Waals surface area contributed by atoms with E-state index >= 15 is 0 Å². The van der Waals surface area contributed by atoms with Gasteiger partial charge in [-0.25, -0.2) is 9.97 Å². The summed E-state index contributed by atoms with van der Waals surface area (Å²) in [5.41, 5.74) is 3.25. The Kier molecular flexibility index (Phi) is 6.08. The minimum absolute atomic E-state index is 0.0501. The van der Waals surface area contributed by atoms with Crippen molar-refractivity contribution < 1.29 is 14.3 Å². The van der Waals surface area contributed by atoms with Gasteiger partial charge in [0.2, 0.25) is 0 Å². The number of Topliss-reactive ketones (excluding diaryl/α,β-unsaturated/α-hetero) is 1. The molecular formula is C21H20N2O3S. The van der Waals surface area contributed by atoms with Crippen molar-refractivity contribution >= 4 is 17.5 Å². The van der Waals surface area contributed by atoms with Gasteiger partial charge < -0.3 is 9.47 Å². The summed E-state index contributed by atoms with van der Waals surface area (Å²) in [4.78, 5) is 21.7. The molecule has 0 aliphatic heterocycles. The minimum Gasteiger partial charge on any atom is -0.497 e. The monoisotopic (exact) mass is 380 g/mol. The predicted molar refractivity (Wildman–Crippen MR) is 107 cm³/mol. The van der Waals surface area contributed by atoms with Crippen LogP contribution in [0.1, 0.15) is 16.1 Å². The highest BCUT2D eigenvalue weighted by Gasteiger charge is 2.15. The van der Waals surface area contributed by atoms with E-state index in [-0.39, 0.29) is 11.5 Å². The van der Waals surface area contributed by atoms with Gasteiger partial charge in [-0.15, -0.1) is 0 Å². The van der Waals surface area contributed by atoms with E-state index in [1.165, 1.54) is 18.9 Å². The van der Waals surface area contributed by atoms with Gasteiger partial charge in [-0.3, -0.25) is 4.79 Å². The Morgan fingerprint density at radius 3 is 2.48 bits per heavy atom. The third-order valence-corrected chi connectivity index (χ3v) is 4.79. The highest BCUT2D eigenvalue weighted by atomic mass is 32.2. The molecule has 3 rings (SSSR count). The first-order valence-electron chi connectivity index (χ1n) is 8.40. The van der Waals surface area contributed by atoms with Crippen LogP contribution in [0.2, 0.25) is 0 Å². The summed E-state index contributed by atoms with van der Waals surface area (Å²) >= 11 is 1.32. The molecule has 0 atom stereocenters. The maximum atomic E-state index is 12.6. The number of hydrogen-bond acceptors (Lipinski definition) is 6. The average Bonchev–Trinajstić information content (AvgIpc) is 2.71. The van der Waals surface area contributed by atoms with Crippen molar-refractivity contribution in [1.82, 2.24) is 9.97 Å². The molecule has 1 heterocycles. The van der Waals surface area contributed by atoms with Gasteiger partial charge in [0.1, 0.15) is 11.5 Å². The normalized spacial score (nSPS) is 10.5. The topological polar surface area (TPSA) is 61.3 Å². The van der Waals surface area contributed by atoms with Gasteiger partial charge in [0, 0.05) is 17.3 Å². The van der Waals surface area contributed by atoms with Gasteiger partial charge in [-0.05, 0) is 25.1 Å². The Labute approximate surface area is 162 Å². The van der Waals surface area contributed by atoms with Crippen molar-refractivity contribution in [3.8, 4) is 22.8 Å². The van der Waals surface area contributed by atoms with Crippen LogP contribution in [0.5, 0.6) is 11.5 Å². The van der Waals surface area contributed by atoms with Crippen molar-refractivity contribution in [1.29, 1.82) is 0 Å². The fourth-order valence-corrected chi connectivity index (χ4v) is 3.39. The second-order valence-corrected chi connectivity index (χ2v) is 6.76. The molecule has 0 spiro atoms. The second kappa shape index (κ2) is 8.68. The number of hydrogen-bond donors (Lipinski definition) is 0. The summed E-state index contributed by atoms with van der Waals surface area (Å²) in [6.45, 7) is 1.92. The molecule has 0 radical (unpaired) electrons. The molecule has 5 nitrogen and oxygen atoms in total. The maximum Gasteiger partial charge on any atom is 0.188 e. The molecule has 138 valence electrons. The molecule has 0 unspecified atom stereocenters. The van der Waals surface area contributed by atoms with Crippen molar-refractivity contribution in [3.05, 3.63) is 65.9 Å². The highest BCUT2D eigenvalue weighted by molar-refractivity contribution is 7.99. The number of methoxy groups -OCH3 is 2. The summed E-state index contributed by atoms with van der Waals surface area (Å²) in [7, 11) is 3.11. The summed E-state index contributed by atoms with van der Waals surface area (Å²) in [6.07, 6.45) is 0. The van der Waals surface area contributed by atoms with Crippen molar-refractivity contribution in [3.63, 3.8) is 0 Å². The van der Waals surface area contributed by atoms with Crippen LogP contribution in [0, 0.1) is 6.92 Å². The molecule has 0 amide bonds. The Morgan fingerprint density at radius 1 is 1.00 bits per heavy atom. The molecule has 6 heteroatoms. The van der Waals surface area contributed by atoms with E-state index in [0.29, 0.717) is 22.2 Å². The number of thioether (sulfide) groups is 1. The first-order valence-corrected chi connectivity index (χ1v) is 9.38. The molecule has 0 aliphatic carbocycles. The van der Waals surface area contributed by atoms with Gasteiger partial charge in [-0.1, -0.05) is 42.1 Å². The number of carbonyl (C=O) groups is 1. The van der Waals surface area contributed by atoms with E-state index in [9.17, 15) is 4.79 Å². The average molecular weight is 380 g/mol. The number of aryl methyl sites for hydroxylation is 1. The lowest BCUT2D eigenvalue weighted by Gasteiger charge is -2.10. The lowest BCUT2D eigenvalue weighted by Crippen LogP contribution is -2.06. The number of aromatic nitrogens is 2. The molecule has 0 saturated carbocycles. The van der Waals surface area contributed by atoms with E-state index in [0.717, 1.165) is 17.0 Å². The predicted octanol–water partition coefficient (Wildman–Crippen LogP) is 4.44. The smallest absolute Gasteiger partial charge is 0.188 e. The summed E-state index contributed by atoms with van der Waals surface area (Å²) in [6, 6.07) is 17.0. The van der Waals surface area contributed by atoms with Crippen molar-refractivity contribution in [2.24, 2.45) is 0 Å². The van der Waals surface area contributed by atoms with Crippen LogP contribution in [0.25, 0.3) is 11.3 Å². The number of benzene rings is 2. The number of ketones is 1. The van der Waals surface area contributed by atoms with Gasteiger partial charge in [-0.2, -0.15) is 0 Å². The van der Waals surface area contributed by atoms with Crippen LogP contribution in [0.15, 0.2) is 59.8 Å². The maximum absolute atomic E-state index is 12.6. The quantitative estimate of drug-likeness (QED) is 0.343. The van der Waals surface area contributed by atoms with Crippen LogP contribution in [0.4, 0.5) is 0 Å². The molecule has 0 N–H and O–H groups in total. The Bertz CT molecular complexity index is 945. The Hall–Kier alpha value is -2.86. The number of rotatable bonds is 7. The lowest BCUT2D eigenvalue weighted by atomic mass is 10.1. The SMILES string of the molecule is COc1ccc(C(=O)CSc2nc(C)cc(-c3ccccc3)n2)c(OC)c1. The molecule has 3 aromatic rings. The molecule has 0 saturated heterocycles. The summed E-state index contributed by atoms with van der Waals surface area (Å²) in [5.74, 6) is 1.31. The van der Waals surface area contributed by atoms with Crippen LogP contribution >= 0.6 is 11.8 Å². The highest BCUT2D eigenvalue weighted by Crippen LogP contribution is 2.27. The van der Waals surface area contributed by atoms with Gasteiger partial charge in [0.15, 0.2) is 10.9 Å². The van der Waals surface area contributed by atoms with Gasteiger partial charge in [0.25, 0.3) is 0 Å². The van der Waals surface area contributed by atoms with Crippen LogP contribution in [-0.4, -0.2) is 35.7 Å². The zero-order valence-electron chi connectivity index (χ0n) is 15.4. The Balaban J connectivity index is 1.77. The first kappa shape index (κ1) is 18.9. The largest absolute Gasteiger partial charge is 0.497 e. The second-order valence-electron chi connectivity index (χ2n) is 5.82. The van der Waals surface area contributed by atoms with Gasteiger partial charge in [0.05, 0.1) is 31.2 Å². The zero-order valence-corrected chi connectivity index (χ0v) is 16.2. The number of ether oxygens (including phenoxy) is 2. The number of nitrogens with zero attached hydrogens (tertiary/aromatic N) is 2. The fourth-order valence-electron chi connectivity index (χ4n) is 2.60. The van der Waals surface area contributed by atoms with E-state index in [2.05, 4.69) is 9.97 Å².